The van der Waals surface area contributed by atoms with Gasteiger partial charge in [-0.15, -0.1) is 0 Å². The molecule has 0 bridgehead atoms. The molecule has 0 aromatic heterocycles. The standard InChI is InChI=1S/C22H20NO2S2/c1-18-12-14-21(15-13-18)25-22(24)23(26-16-19-8-4-2-5-9-19)27-17-20-10-6-3-7-11-20/h2-12,14-15H,16-17H2,1H3. The summed E-state index contributed by atoms with van der Waals surface area (Å²) < 4.78 is 7.13. The van der Waals surface area contributed by atoms with Gasteiger partial charge >= 0.3 is 6.09 Å². The highest BCUT2D eigenvalue weighted by molar-refractivity contribution is 8.12. The van der Waals surface area contributed by atoms with E-state index in [4.69, 9.17) is 4.74 Å². The fourth-order valence-electron chi connectivity index (χ4n) is 2.25. The zero-order chi connectivity index (χ0) is 18.9. The van der Waals surface area contributed by atoms with Crippen LogP contribution >= 0.6 is 23.9 Å². The van der Waals surface area contributed by atoms with Gasteiger partial charge in [0.25, 0.3) is 0 Å². The van der Waals surface area contributed by atoms with Crippen LogP contribution in [0, 0.1) is 13.0 Å². The lowest BCUT2D eigenvalue weighted by molar-refractivity contribution is 0.197. The summed E-state index contributed by atoms with van der Waals surface area (Å²) in [6, 6.07) is 28.6. The quantitative estimate of drug-likeness (QED) is 0.440. The molecule has 0 saturated heterocycles. The predicted octanol–water partition coefficient (Wildman–Crippen LogP) is 6.29. The van der Waals surface area contributed by atoms with E-state index in [1.807, 2.05) is 73.7 Å². The Morgan fingerprint density at radius 3 is 1.93 bits per heavy atom. The van der Waals surface area contributed by atoms with E-state index in [9.17, 15) is 4.79 Å². The number of carbonyl (C=O) groups is 1. The Bertz CT molecular complexity index is 796. The van der Waals surface area contributed by atoms with Crippen LogP contribution in [-0.2, 0) is 11.5 Å². The zero-order valence-electron chi connectivity index (χ0n) is 15.0. The number of benzene rings is 3. The van der Waals surface area contributed by atoms with E-state index in [1.165, 1.54) is 23.9 Å². The van der Waals surface area contributed by atoms with E-state index < -0.39 is 6.09 Å². The van der Waals surface area contributed by atoms with Gasteiger partial charge < -0.3 is 4.74 Å². The smallest absolute Gasteiger partial charge is 0.409 e. The summed E-state index contributed by atoms with van der Waals surface area (Å²) in [6.45, 7) is 1.95. The van der Waals surface area contributed by atoms with E-state index in [1.54, 1.807) is 15.8 Å². The molecule has 0 fully saturated rings. The first-order chi connectivity index (χ1) is 13.2. The van der Waals surface area contributed by atoms with Gasteiger partial charge in [-0.3, -0.25) is 0 Å². The van der Waals surface area contributed by atoms with Crippen molar-refractivity contribution in [2.24, 2.45) is 0 Å². The van der Waals surface area contributed by atoms with Gasteiger partial charge in [-0.2, -0.15) is 3.71 Å². The Morgan fingerprint density at radius 1 is 0.889 bits per heavy atom. The minimum atomic E-state index is -0.394. The summed E-state index contributed by atoms with van der Waals surface area (Å²) in [5.41, 5.74) is 3.32. The maximum atomic E-state index is 12.7. The van der Waals surface area contributed by atoms with Gasteiger partial charge in [0.15, 0.2) is 0 Å². The highest BCUT2D eigenvalue weighted by Crippen LogP contribution is 2.29. The van der Waals surface area contributed by atoms with Crippen molar-refractivity contribution in [2.45, 2.75) is 18.4 Å². The molecule has 0 aliphatic rings. The number of carbonyl (C=O) groups excluding carboxylic acids is 1. The van der Waals surface area contributed by atoms with Gasteiger partial charge in [-0.1, -0.05) is 66.7 Å². The Kier molecular flexibility index (Phi) is 7.25. The molecule has 1 radical (unpaired) electrons. The molecule has 3 aromatic rings. The third kappa shape index (κ3) is 6.38. The lowest BCUT2D eigenvalue weighted by Gasteiger charge is -2.19. The topological polar surface area (TPSA) is 29.5 Å². The first-order valence-electron chi connectivity index (χ1n) is 8.54. The van der Waals surface area contributed by atoms with Crippen molar-refractivity contribution in [3.8, 4) is 5.75 Å². The monoisotopic (exact) mass is 394 g/mol. The molecule has 5 heteroatoms. The number of hydrogen-bond donors (Lipinski definition) is 0. The molecule has 1 amide bonds. The van der Waals surface area contributed by atoms with Crippen molar-refractivity contribution in [2.75, 3.05) is 0 Å². The number of ether oxygens (including phenoxy) is 1. The number of amides is 1. The summed E-state index contributed by atoms with van der Waals surface area (Å²) in [5, 5.41) is 0. The summed E-state index contributed by atoms with van der Waals surface area (Å²) >= 11 is 2.87. The Balaban J connectivity index is 1.65. The van der Waals surface area contributed by atoms with Crippen LogP contribution in [0.2, 0.25) is 0 Å². The molecule has 0 heterocycles. The first kappa shape index (κ1) is 19.4. The van der Waals surface area contributed by atoms with Crippen molar-refractivity contribution >= 4 is 30.0 Å². The van der Waals surface area contributed by atoms with Crippen LogP contribution in [0.4, 0.5) is 4.79 Å². The van der Waals surface area contributed by atoms with Crippen molar-refractivity contribution < 1.29 is 9.53 Å². The molecular formula is C22H20NO2S2. The minimum absolute atomic E-state index is 0.394. The van der Waals surface area contributed by atoms with Gasteiger partial charge in [0.05, 0.1) is 0 Å². The van der Waals surface area contributed by atoms with E-state index in [-0.39, 0.29) is 0 Å². The van der Waals surface area contributed by atoms with Gasteiger partial charge in [-0.25, -0.2) is 4.79 Å². The molecule has 3 nitrogen and oxygen atoms in total. The van der Waals surface area contributed by atoms with Crippen LogP contribution in [0.1, 0.15) is 16.7 Å². The summed E-state index contributed by atoms with van der Waals surface area (Å²) in [5.74, 6) is 1.88. The lowest BCUT2D eigenvalue weighted by atomic mass is 10.2. The van der Waals surface area contributed by atoms with Gasteiger partial charge in [-0.05, 0) is 65.7 Å². The molecule has 0 unspecified atom stereocenters. The third-order valence-corrected chi connectivity index (χ3v) is 6.00. The number of nitrogens with zero attached hydrogens (tertiary/aromatic N) is 1. The van der Waals surface area contributed by atoms with E-state index in [2.05, 4.69) is 6.07 Å². The molecule has 0 saturated carbocycles. The van der Waals surface area contributed by atoms with Gasteiger partial charge in [0.1, 0.15) is 5.75 Å². The average Bonchev–Trinajstić information content (AvgIpc) is 2.71. The second-order valence-electron chi connectivity index (χ2n) is 5.85. The number of aryl methyl sites for hydroxylation is 1. The molecule has 0 atom stereocenters. The van der Waals surface area contributed by atoms with Crippen molar-refractivity contribution in [3.05, 3.63) is 102 Å². The molecule has 3 rings (SSSR count). The van der Waals surface area contributed by atoms with Crippen LogP contribution in [0.5, 0.6) is 5.75 Å². The lowest BCUT2D eigenvalue weighted by Crippen LogP contribution is -2.22. The normalized spacial score (nSPS) is 10.4. The zero-order valence-corrected chi connectivity index (χ0v) is 16.6. The second kappa shape index (κ2) is 10.1. The van der Waals surface area contributed by atoms with Crippen LogP contribution in [0.25, 0.3) is 0 Å². The first-order valence-corrected chi connectivity index (χ1v) is 10.4. The molecule has 3 aromatic carbocycles. The largest absolute Gasteiger partial charge is 0.435 e. The maximum Gasteiger partial charge on any atom is 0.435 e. The predicted molar refractivity (Wildman–Crippen MR) is 113 cm³/mol. The Hall–Kier alpha value is -2.37. The molecule has 0 spiro atoms. The fourth-order valence-corrected chi connectivity index (χ4v) is 4.06. The molecule has 0 aliphatic carbocycles. The Morgan fingerprint density at radius 2 is 1.44 bits per heavy atom. The van der Waals surface area contributed by atoms with Crippen LogP contribution in [0.3, 0.4) is 0 Å². The molecule has 0 N–H and O–H groups in total. The van der Waals surface area contributed by atoms with Crippen LogP contribution in [-0.4, -0.2) is 9.80 Å². The number of rotatable bonds is 7. The van der Waals surface area contributed by atoms with E-state index >= 15 is 0 Å². The second-order valence-corrected chi connectivity index (χ2v) is 7.91. The van der Waals surface area contributed by atoms with Crippen molar-refractivity contribution in [1.82, 2.24) is 3.71 Å². The van der Waals surface area contributed by atoms with Crippen molar-refractivity contribution in [1.29, 1.82) is 0 Å². The summed E-state index contributed by atoms with van der Waals surface area (Å²) in [6.07, 6.45) is -0.394. The SMILES string of the molecule is Cc1[c]cc(OC(=O)N(SCc2ccccc2)SCc2ccccc2)cc1. The van der Waals surface area contributed by atoms with Crippen molar-refractivity contribution in [3.63, 3.8) is 0 Å². The summed E-state index contributed by atoms with van der Waals surface area (Å²) in [4.78, 5) is 12.7. The van der Waals surface area contributed by atoms with Gasteiger partial charge in [0, 0.05) is 11.5 Å². The van der Waals surface area contributed by atoms with E-state index in [0.29, 0.717) is 17.3 Å². The average molecular weight is 395 g/mol. The van der Waals surface area contributed by atoms with E-state index in [0.717, 1.165) is 16.7 Å². The fraction of sp³-hybridized carbons (Fsp3) is 0.136. The minimum Gasteiger partial charge on any atom is -0.409 e. The third-order valence-electron chi connectivity index (χ3n) is 3.68. The van der Waals surface area contributed by atoms with Crippen LogP contribution < -0.4 is 4.74 Å². The number of hydrogen-bond acceptors (Lipinski definition) is 4. The molecule has 27 heavy (non-hydrogen) atoms. The van der Waals surface area contributed by atoms with Gasteiger partial charge in [0.2, 0.25) is 0 Å². The summed E-state index contributed by atoms with van der Waals surface area (Å²) in [7, 11) is 0. The Labute approximate surface area is 169 Å². The highest BCUT2D eigenvalue weighted by atomic mass is 32.2. The van der Waals surface area contributed by atoms with Crippen LogP contribution in [0.15, 0.2) is 78.9 Å². The maximum absolute atomic E-state index is 12.7. The highest BCUT2D eigenvalue weighted by Gasteiger charge is 2.18. The molecule has 137 valence electrons. The molecular weight excluding hydrogens is 374 g/mol. The molecule has 0 aliphatic heterocycles.